The van der Waals surface area contributed by atoms with Crippen LogP contribution in [0.5, 0.6) is 11.5 Å². The molecule has 2 N–H and O–H groups in total. The summed E-state index contributed by atoms with van der Waals surface area (Å²) >= 11 is 3.51. The molecule has 0 aliphatic carbocycles. The van der Waals surface area contributed by atoms with Crippen LogP contribution in [0.25, 0.3) is 0 Å². The molecule has 0 aliphatic heterocycles. The predicted molar refractivity (Wildman–Crippen MR) is 129 cm³/mol. The number of benzene rings is 2. The zero-order chi connectivity index (χ0) is 23.5. The molecule has 2 aromatic carbocycles. The molecule has 0 saturated heterocycles. The summed E-state index contributed by atoms with van der Waals surface area (Å²) in [4.78, 5) is 25.1. The van der Waals surface area contributed by atoms with Gasteiger partial charge < -0.3 is 14.8 Å². The minimum atomic E-state index is -0.726. The van der Waals surface area contributed by atoms with Crippen molar-refractivity contribution in [3.05, 3.63) is 58.1 Å². The van der Waals surface area contributed by atoms with Gasteiger partial charge in [-0.15, -0.1) is 0 Å². The Hall–Kier alpha value is -2.87. The van der Waals surface area contributed by atoms with Gasteiger partial charge in [0.2, 0.25) is 0 Å². The molecule has 32 heavy (non-hydrogen) atoms. The molecule has 0 aliphatic rings. The van der Waals surface area contributed by atoms with Crippen LogP contribution in [-0.2, 0) is 4.79 Å². The van der Waals surface area contributed by atoms with Gasteiger partial charge in [0.25, 0.3) is 11.8 Å². The van der Waals surface area contributed by atoms with Gasteiger partial charge in [-0.25, -0.2) is 5.43 Å². The molecular formula is C24H30BrN3O4. The fraction of sp³-hybridized carbons (Fsp3) is 0.375. The Morgan fingerprint density at radius 1 is 1.12 bits per heavy atom. The lowest BCUT2D eigenvalue weighted by Crippen LogP contribution is -2.48. The van der Waals surface area contributed by atoms with Crippen molar-refractivity contribution in [2.24, 2.45) is 11.0 Å². The molecule has 0 aromatic heterocycles. The van der Waals surface area contributed by atoms with Crippen LogP contribution >= 0.6 is 15.9 Å². The van der Waals surface area contributed by atoms with Gasteiger partial charge in [0.05, 0.1) is 23.9 Å². The van der Waals surface area contributed by atoms with Crippen LogP contribution in [0.3, 0.4) is 0 Å². The van der Waals surface area contributed by atoms with Crippen LogP contribution in [0, 0.1) is 5.92 Å². The van der Waals surface area contributed by atoms with Crippen molar-refractivity contribution >= 4 is 34.0 Å². The largest absolute Gasteiger partial charge is 0.490 e. The summed E-state index contributed by atoms with van der Waals surface area (Å²) in [5.41, 5.74) is 3.73. The van der Waals surface area contributed by atoms with E-state index in [1.54, 1.807) is 30.3 Å². The first-order valence-electron chi connectivity index (χ1n) is 10.6. The summed E-state index contributed by atoms with van der Waals surface area (Å²) in [5, 5.41) is 6.84. The van der Waals surface area contributed by atoms with E-state index in [9.17, 15) is 9.59 Å². The molecule has 8 heteroatoms. The number of rotatable bonds is 11. The summed E-state index contributed by atoms with van der Waals surface area (Å²) in [6.45, 7) is 8.72. The molecule has 2 aromatic rings. The number of hydrogen-bond acceptors (Lipinski definition) is 5. The minimum Gasteiger partial charge on any atom is -0.490 e. The first kappa shape index (κ1) is 25.4. The van der Waals surface area contributed by atoms with Gasteiger partial charge in [0, 0.05) is 5.56 Å². The Morgan fingerprint density at radius 3 is 2.47 bits per heavy atom. The van der Waals surface area contributed by atoms with Crippen molar-refractivity contribution in [1.29, 1.82) is 0 Å². The van der Waals surface area contributed by atoms with Crippen molar-refractivity contribution in [2.75, 3.05) is 13.2 Å². The van der Waals surface area contributed by atoms with Crippen molar-refractivity contribution in [2.45, 2.75) is 40.2 Å². The second-order valence-electron chi connectivity index (χ2n) is 7.41. The molecule has 1 unspecified atom stereocenters. The zero-order valence-electron chi connectivity index (χ0n) is 18.9. The highest BCUT2D eigenvalue weighted by Gasteiger charge is 2.24. The normalized spacial score (nSPS) is 11.9. The number of halogens is 1. The molecule has 0 fully saturated rings. The molecule has 7 nitrogen and oxygen atoms in total. The molecule has 0 bridgehead atoms. The second kappa shape index (κ2) is 12.9. The molecule has 2 rings (SSSR count). The lowest BCUT2D eigenvalue weighted by atomic mass is 10.0. The number of hydrazone groups is 1. The van der Waals surface area contributed by atoms with Gasteiger partial charge >= 0.3 is 0 Å². The third-order valence-electron chi connectivity index (χ3n) is 4.44. The van der Waals surface area contributed by atoms with Gasteiger partial charge in [-0.1, -0.05) is 39.0 Å². The Bertz CT molecular complexity index is 932. The van der Waals surface area contributed by atoms with Crippen molar-refractivity contribution in [1.82, 2.24) is 10.7 Å². The molecule has 0 spiro atoms. The van der Waals surface area contributed by atoms with Gasteiger partial charge in [0.1, 0.15) is 6.04 Å². The number of nitrogens with one attached hydrogen (secondary N) is 2. The minimum absolute atomic E-state index is 0.119. The molecule has 2 amide bonds. The number of hydrogen-bond donors (Lipinski definition) is 2. The Morgan fingerprint density at radius 2 is 1.84 bits per heavy atom. The van der Waals surface area contributed by atoms with E-state index >= 15 is 0 Å². The van der Waals surface area contributed by atoms with E-state index in [2.05, 4.69) is 31.8 Å². The Balaban J connectivity index is 2.09. The van der Waals surface area contributed by atoms with E-state index in [4.69, 9.17) is 9.47 Å². The first-order chi connectivity index (χ1) is 15.4. The lowest BCUT2D eigenvalue weighted by molar-refractivity contribution is -0.123. The smallest absolute Gasteiger partial charge is 0.262 e. The van der Waals surface area contributed by atoms with Gasteiger partial charge in [-0.3, -0.25) is 9.59 Å². The van der Waals surface area contributed by atoms with E-state index in [-0.39, 0.29) is 11.8 Å². The molecule has 1 atom stereocenters. The van der Waals surface area contributed by atoms with Crippen molar-refractivity contribution in [3.63, 3.8) is 0 Å². The van der Waals surface area contributed by atoms with E-state index in [0.717, 1.165) is 16.5 Å². The summed E-state index contributed by atoms with van der Waals surface area (Å²) < 4.78 is 12.2. The zero-order valence-corrected chi connectivity index (χ0v) is 20.4. The average Bonchev–Trinajstić information content (AvgIpc) is 2.77. The summed E-state index contributed by atoms with van der Waals surface area (Å²) in [6, 6.07) is 11.7. The summed E-state index contributed by atoms with van der Waals surface area (Å²) in [5.74, 6) is 0.409. The third kappa shape index (κ3) is 7.37. The van der Waals surface area contributed by atoms with Crippen LogP contribution in [0.2, 0.25) is 0 Å². The van der Waals surface area contributed by atoms with E-state index in [1.807, 2.05) is 39.8 Å². The first-order valence-corrected chi connectivity index (χ1v) is 11.4. The maximum atomic E-state index is 12.7. The van der Waals surface area contributed by atoms with E-state index in [1.165, 1.54) is 6.21 Å². The fourth-order valence-electron chi connectivity index (χ4n) is 2.86. The molecule has 0 heterocycles. The van der Waals surface area contributed by atoms with Crippen LogP contribution in [0.15, 0.2) is 52.0 Å². The quantitative estimate of drug-likeness (QED) is 0.348. The van der Waals surface area contributed by atoms with Crippen molar-refractivity contribution < 1.29 is 19.1 Å². The Labute approximate surface area is 197 Å². The molecular weight excluding hydrogens is 474 g/mol. The second-order valence-corrected chi connectivity index (χ2v) is 8.26. The average molecular weight is 504 g/mol. The van der Waals surface area contributed by atoms with Crippen molar-refractivity contribution in [3.8, 4) is 11.5 Å². The fourth-order valence-corrected chi connectivity index (χ4v) is 3.43. The highest BCUT2D eigenvalue weighted by atomic mass is 79.9. The van der Waals surface area contributed by atoms with Crippen LogP contribution < -0.4 is 20.2 Å². The van der Waals surface area contributed by atoms with Gasteiger partial charge in [-0.05, 0) is 65.0 Å². The number of ether oxygens (including phenoxy) is 2. The van der Waals surface area contributed by atoms with E-state index < -0.39 is 11.9 Å². The maximum absolute atomic E-state index is 12.7. The van der Waals surface area contributed by atoms with Crippen LogP contribution in [-0.4, -0.2) is 37.3 Å². The number of carbonyl (C=O) groups excluding carboxylic acids is 2. The SMILES string of the molecule is CCCOc1c(Br)cc(/C=N/NC(=O)C(NC(=O)c2ccccc2)C(C)C)cc1OCC. The van der Waals surface area contributed by atoms with Crippen LogP contribution in [0.4, 0.5) is 0 Å². The van der Waals surface area contributed by atoms with Gasteiger partial charge in [0.15, 0.2) is 11.5 Å². The molecule has 172 valence electrons. The number of nitrogens with zero attached hydrogens (tertiary/aromatic N) is 1. The molecule has 0 radical (unpaired) electrons. The van der Waals surface area contributed by atoms with Crippen LogP contribution in [0.1, 0.15) is 50.0 Å². The summed E-state index contributed by atoms with van der Waals surface area (Å²) in [6.07, 6.45) is 2.40. The van der Waals surface area contributed by atoms with Gasteiger partial charge in [-0.2, -0.15) is 5.10 Å². The molecule has 0 saturated carbocycles. The highest BCUT2D eigenvalue weighted by molar-refractivity contribution is 9.10. The highest BCUT2D eigenvalue weighted by Crippen LogP contribution is 2.36. The third-order valence-corrected chi connectivity index (χ3v) is 5.03. The summed E-state index contributed by atoms with van der Waals surface area (Å²) in [7, 11) is 0. The maximum Gasteiger partial charge on any atom is 0.262 e. The number of amides is 2. The lowest BCUT2D eigenvalue weighted by Gasteiger charge is -2.20. The number of carbonyl (C=O) groups is 2. The predicted octanol–water partition coefficient (Wildman–Crippen LogP) is 4.54. The topological polar surface area (TPSA) is 89.0 Å². The standard InChI is InChI=1S/C24H30BrN3O4/c1-5-12-32-22-19(25)13-17(14-20(22)31-6-2)15-26-28-24(30)21(16(3)4)27-23(29)18-10-8-7-9-11-18/h7-11,13-16,21H,5-6,12H2,1-4H3,(H,27,29)(H,28,30)/b26-15+. The Kier molecular flexibility index (Phi) is 10.2. The monoisotopic (exact) mass is 503 g/mol. The van der Waals surface area contributed by atoms with E-state index in [0.29, 0.717) is 30.3 Å².